The number of rotatable bonds is 6. The molecular formula is C17H26N2O4S. The van der Waals surface area contributed by atoms with Crippen LogP contribution in [0.2, 0.25) is 0 Å². The molecule has 1 aromatic carbocycles. The average Bonchev–Trinajstić information content (AvgIpc) is 2.54. The molecule has 1 aromatic rings. The van der Waals surface area contributed by atoms with Gasteiger partial charge in [0.1, 0.15) is 12.4 Å². The van der Waals surface area contributed by atoms with Crippen molar-refractivity contribution in [1.82, 2.24) is 9.62 Å². The van der Waals surface area contributed by atoms with Crippen molar-refractivity contribution in [2.24, 2.45) is 5.92 Å². The number of hydrogen-bond acceptors (Lipinski definition) is 4. The zero-order chi connectivity index (χ0) is 17.7. The van der Waals surface area contributed by atoms with E-state index in [0.29, 0.717) is 26.1 Å². The van der Waals surface area contributed by atoms with E-state index in [4.69, 9.17) is 4.74 Å². The van der Waals surface area contributed by atoms with Gasteiger partial charge in [-0.3, -0.25) is 4.79 Å². The molecule has 2 rings (SSSR count). The molecule has 0 radical (unpaired) electrons. The van der Waals surface area contributed by atoms with Gasteiger partial charge in [0.2, 0.25) is 15.9 Å². The van der Waals surface area contributed by atoms with Crippen LogP contribution in [-0.2, 0) is 14.8 Å². The highest BCUT2D eigenvalue weighted by Gasteiger charge is 2.29. The van der Waals surface area contributed by atoms with Crippen LogP contribution >= 0.6 is 0 Å². The fraction of sp³-hybridized carbons (Fsp3) is 0.588. The molecule has 1 N–H and O–H groups in total. The third kappa shape index (κ3) is 4.95. The first kappa shape index (κ1) is 18.7. The molecule has 1 heterocycles. The Balaban J connectivity index is 1.78. The van der Waals surface area contributed by atoms with E-state index in [1.54, 1.807) is 0 Å². The molecule has 134 valence electrons. The third-order valence-electron chi connectivity index (χ3n) is 4.44. The summed E-state index contributed by atoms with van der Waals surface area (Å²) < 4.78 is 30.3. The first-order valence-electron chi connectivity index (χ1n) is 8.21. The van der Waals surface area contributed by atoms with Gasteiger partial charge in [0.25, 0.3) is 0 Å². The molecule has 1 fully saturated rings. The molecule has 6 nitrogen and oxygen atoms in total. The van der Waals surface area contributed by atoms with Crippen LogP contribution in [0, 0.1) is 19.8 Å². The maximum atomic E-state index is 12.2. The summed E-state index contributed by atoms with van der Waals surface area (Å²) in [6.45, 7) is 5.59. The Morgan fingerprint density at radius 3 is 2.83 bits per heavy atom. The summed E-state index contributed by atoms with van der Waals surface area (Å²) in [4.78, 5) is 12.2. The number of nitrogens with zero attached hydrogens (tertiary/aromatic N) is 1. The minimum atomic E-state index is -3.23. The molecule has 0 bridgehead atoms. The van der Waals surface area contributed by atoms with Crippen molar-refractivity contribution in [2.45, 2.75) is 26.7 Å². The lowest BCUT2D eigenvalue weighted by atomic mass is 9.99. The van der Waals surface area contributed by atoms with Crippen molar-refractivity contribution in [3.05, 3.63) is 29.3 Å². The molecule has 1 aliphatic heterocycles. The second-order valence-corrected chi connectivity index (χ2v) is 8.28. The lowest BCUT2D eigenvalue weighted by Crippen LogP contribution is -2.45. The number of amides is 1. The second kappa shape index (κ2) is 7.98. The summed E-state index contributed by atoms with van der Waals surface area (Å²) in [5, 5.41) is 2.84. The maximum absolute atomic E-state index is 12.2. The summed E-state index contributed by atoms with van der Waals surface area (Å²) in [5.41, 5.74) is 2.26. The van der Waals surface area contributed by atoms with Gasteiger partial charge in [0, 0.05) is 13.1 Å². The molecule has 1 unspecified atom stereocenters. The predicted octanol–water partition coefficient (Wildman–Crippen LogP) is 1.47. The Labute approximate surface area is 144 Å². The molecule has 24 heavy (non-hydrogen) atoms. The van der Waals surface area contributed by atoms with Gasteiger partial charge in [-0.25, -0.2) is 12.7 Å². The Morgan fingerprint density at radius 2 is 2.12 bits per heavy atom. The monoisotopic (exact) mass is 354 g/mol. The summed E-state index contributed by atoms with van der Waals surface area (Å²) in [7, 11) is -3.23. The van der Waals surface area contributed by atoms with Crippen LogP contribution in [0.4, 0.5) is 0 Å². The van der Waals surface area contributed by atoms with Gasteiger partial charge in [-0.1, -0.05) is 12.1 Å². The highest BCUT2D eigenvalue weighted by Crippen LogP contribution is 2.20. The normalized spacial score (nSPS) is 19.0. The quantitative estimate of drug-likeness (QED) is 0.785. The number of piperidine rings is 1. The molecule has 0 spiro atoms. The standard InChI is InChI=1S/C17H26N2O4S/c1-13-6-4-8-16(14(13)2)23-11-9-18-17(20)15-7-5-10-19(12-15)24(3,21)22/h4,6,8,15H,5,7,9-12H2,1-3H3,(H,18,20). The van der Waals surface area contributed by atoms with Gasteiger partial charge in [-0.05, 0) is 43.9 Å². The fourth-order valence-electron chi connectivity index (χ4n) is 2.82. The largest absolute Gasteiger partial charge is 0.491 e. The lowest BCUT2D eigenvalue weighted by molar-refractivity contribution is -0.126. The van der Waals surface area contributed by atoms with E-state index in [1.807, 2.05) is 32.0 Å². The number of hydrogen-bond donors (Lipinski definition) is 1. The number of ether oxygens (including phenoxy) is 1. The van der Waals surface area contributed by atoms with E-state index in [1.165, 1.54) is 16.1 Å². The summed E-state index contributed by atoms with van der Waals surface area (Å²) in [5.74, 6) is 0.437. The zero-order valence-electron chi connectivity index (χ0n) is 14.5. The summed E-state index contributed by atoms with van der Waals surface area (Å²) >= 11 is 0. The van der Waals surface area contributed by atoms with Crippen LogP contribution in [0.1, 0.15) is 24.0 Å². The summed E-state index contributed by atoms with van der Waals surface area (Å²) in [6, 6.07) is 5.88. The van der Waals surface area contributed by atoms with E-state index in [0.717, 1.165) is 17.7 Å². The van der Waals surface area contributed by atoms with Gasteiger partial charge < -0.3 is 10.1 Å². The van der Waals surface area contributed by atoms with Gasteiger partial charge in [0.05, 0.1) is 18.7 Å². The predicted molar refractivity (Wildman–Crippen MR) is 93.6 cm³/mol. The third-order valence-corrected chi connectivity index (χ3v) is 5.71. The van der Waals surface area contributed by atoms with Crippen molar-refractivity contribution in [3.8, 4) is 5.75 Å². The molecule has 1 atom stereocenters. The Hall–Kier alpha value is -1.60. The zero-order valence-corrected chi connectivity index (χ0v) is 15.4. The van der Waals surface area contributed by atoms with Crippen molar-refractivity contribution in [1.29, 1.82) is 0 Å². The molecule has 0 aliphatic carbocycles. The van der Waals surface area contributed by atoms with Gasteiger partial charge >= 0.3 is 0 Å². The van der Waals surface area contributed by atoms with Crippen LogP contribution in [0.5, 0.6) is 5.75 Å². The Bertz CT molecular complexity index is 688. The summed E-state index contributed by atoms with van der Waals surface area (Å²) in [6.07, 6.45) is 2.62. The number of carbonyl (C=O) groups is 1. The second-order valence-electron chi connectivity index (χ2n) is 6.30. The number of nitrogens with one attached hydrogen (secondary N) is 1. The lowest BCUT2D eigenvalue weighted by Gasteiger charge is -2.30. The van der Waals surface area contributed by atoms with Crippen LogP contribution in [-0.4, -0.2) is 51.1 Å². The smallest absolute Gasteiger partial charge is 0.224 e. The van der Waals surface area contributed by atoms with Crippen molar-refractivity contribution >= 4 is 15.9 Å². The number of sulfonamides is 1. The van der Waals surface area contributed by atoms with E-state index in [2.05, 4.69) is 5.32 Å². The van der Waals surface area contributed by atoms with Crippen LogP contribution < -0.4 is 10.1 Å². The fourth-order valence-corrected chi connectivity index (χ4v) is 3.73. The molecule has 1 aliphatic rings. The number of benzene rings is 1. The highest BCUT2D eigenvalue weighted by atomic mass is 32.2. The van der Waals surface area contributed by atoms with Gasteiger partial charge in [-0.2, -0.15) is 0 Å². The van der Waals surface area contributed by atoms with Crippen LogP contribution in [0.25, 0.3) is 0 Å². The van der Waals surface area contributed by atoms with Gasteiger partial charge in [-0.15, -0.1) is 0 Å². The minimum absolute atomic E-state index is 0.104. The highest BCUT2D eigenvalue weighted by molar-refractivity contribution is 7.88. The first-order valence-corrected chi connectivity index (χ1v) is 10.1. The first-order chi connectivity index (χ1) is 11.3. The molecule has 7 heteroatoms. The van der Waals surface area contributed by atoms with Crippen molar-refractivity contribution in [3.63, 3.8) is 0 Å². The molecular weight excluding hydrogens is 328 g/mol. The van der Waals surface area contributed by atoms with Crippen molar-refractivity contribution in [2.75, 3.05) is 32.5 Å². The average molecular weight is 354 g/mol. The molecule has 1 saturated heterocycles. The number of aryl methyl sites for hydroxylation is 1. The molecule has 0 aromatic heterocycles. The van der Waals surface area contributed by atoms with E-state index >= 15 is 0 Å². The van der Waals surface area contributed by atoms with Gasteiger partial charge in [0.15, 0.2) is 0 Å². The minimum Gasteiger partial charge on any atom is -0.491 e. The van der Waals surface area contributed by atoms with Crippen LogP contribution in [0.3, 0.4) is 0 Å². The maximum Gasteiger partial charge on any atom is 0.224 e. The van der Waals surface area contributed by atoms with Crippen LogP contribution in [0.15, 0.2) is 18.2 Å². The van der Waals surface area contributed by atoms with E-state index in [9.17, 15) is 13.2 Å². The Morgan fingerprint density at radius 1 is 1.38 bits per heavy atom. The van der Waals surface area contributed by atoms with E-state index in [-0.39, 0.29) is 18.4 Å². The number of carbonyl (C=O) groups excluding carboxylic acids is 1. The SMILES string of the molecule is Cc1cccc(OCCNC(=O)C2CCCN(S(C)(=O)=O)C2)c1C. The topological polar surface area (TPSA) is 75.7 Å². The molecule has 1 amide bonds. The molecule has 0 saturated carbocycles. The van der Waals surface area contributed by atoms with E-state index < -0.39 is 10.0 Å². The van der Waals surface area contributed by atoms with Crippen molar-refractivity contribution < 1.29 is 17.9 Å². The Kier molecular flexibility index (Phi) is 6.23.